The summed E-state index contributed by atoms with van der Waals surface area (Å²) in [6.45, 7) is 4.42. The average Bonchev–Trinajstić information content (AvgIpc) is 2.65. The highest BCUT2D eigenvalue weighted by Gasteiger charge is 2.26. The summed E-state index contributed by atoms with van der Waals surface area (Å²) >= 11 is 1.74. The highest BCUT2D eigenvalue weighted by atomic mass is 32.1. The number of aryl methyl sites for hydroxylation is 1. The first-order valence-electron chi connectivity index (χ1n) is 5.90. The number of hydrogen-bond acceptors (Lipinski definition) is 2. The van der Waals surface area contributed by atoms with Gasteiger partial charge in [0.1, 0.15) is 0 Å². The van der Waals surface area contributed by atoms with E-state index >= 15 is 0 Å². The molecule has 1 unspecified atom stereocenters. The van der Waals surface area contributed by atoms with E-state index in [-0.39, 0.29) is 6.10 Å². The molecular weight excluding hydrogens is 204 g/mol. The maximum atomic E-state index is 10.3. The molecule has 1 nitrogen and oxygen atoms in total. The maximum absolute atomic E-state index is 10.3. The van der Waals surface area contributed by atoms with Crippen molar-refractivity contribution in [1.82, 2.24) is 0 Å². The molecule has 1 aliphatic carbocycles. The van der Waals surface area contributed by atoms with Gasteiger partial charge < -0.3 is 5.11 Å². The molecule has 1 heterocycles. The van der Waals surface area contributed by atoms with Crippen LogP contribution in [0.1, 0.15) is 49.2 Å². The maximum Gasteiger partial charge on any atom is 0.0828 e. The lowest BCUT2D eigenvalue weighted by Gasteiger charge is -2.30. The van der Waals surface area contributed by atoms with Crippen LogP contribution in [0.5, 0.6) is 0 Å². The normalized spacial score (nSPS) is 29.0. The van der Waals surface area contributed by atoms with Gasteiger partial charge in [-0.1, -0.05) is 19.8 Å². The summed E-state index contributed by atoms with van der Waals surface area (Å²) < 4.78 is 0. The van der Waals surface area contributed by atoms with Crippen LogP contribution in [-0.4, -0.2) is 5.11 Å². The number of rotatable bonds is 2. The van der Waals surface area contributed by atoms with Gasteiger partial charge in [0.2, 0.25) is 0 Å². The summed E-state index contributed by atoms with van der Waals surface area (Å²) in [6, 6.07) is 2.09. The first kappa shape index (κ1) is 11.2. The predicted molar refractivity (Wildman–Crippen MR) is 65.1 cm³/mol. The smallest absolute Gasteiger partial charge is 0.0828 e. The van der Waals surface area contributed by atoms with E-state index in [4.69, 9.17) is 0 Å². The molecule has 2 heteroatoms. The lowest BCUT2D eigenvalue weighted by Crippen LogP contribution is -2.19. The summed E-state index contributed by atoms with van der Waals surface area (Å²) in [5.41, 5.74) is 1.17. The first-order chi connectivity index (χ1) is 7.18. The Morgan fingerprint density at radius 3 is 2.53 bits per heavy atom. The van der Waals surface area contributed by atoms with Crippen molar-refractivity contribution in [1.29, 1.82) is 0 Å². The van der Waals surface area contributed by atoms with Gasteiger partial charge in [0.05, 0.1) is 6.10 Å². The standard InChI is InChI=1S/C13H20OS/c1-9-3-5-11(6-4-9)13(14)12-7-8-15-10(12)2/h7-9,11,13-14H,3-6H2,1-2H3. The van der Waals surface area contributed by atoms with Gasteiger partial charge in [-0.25, -0.2) is 0 Å². The van der Waals surface area contributed by atoms with E-state index in [1.54, 1.807) is 11.3 Å². The van der Waals surface area contributed by atoms with Crippen molar-refractivity contribution < 1.29 is 5.11 Å². The van der Waals surface area contributed by atoms with Gasteiger partial charge in [-0.3, -0.25) is 0 Å². The largest absolute Gasteiger partial charge is 0.388 e. The van der Waals surface area contributed by atoms with Crippen LogP contribution in [-0.2, 0) is 0 Å². The van der Waals surface area contributed by atoms with Crippen molar-refractivity contribution in [3.05, 3.63) is 21.9 Å². The molecule has 1 N–H and O–H groups in total. The highest BCUT2D eigenvalue weighted by molar-refractivity contribution is 7.10. The Morgan fingerprint density at radius 2 is 2.00 bits per heavy atom. The second kappa shape index (κ2) is 4.67. The molecule has 1 aromatic rings. The summed E-state index contributed by atoms with van der Waals surface area (Å²) in [7, 11) is 0. The van der Waals surface area contributed by atoms with E-state index in [2.05, 4.69) is 25.3 Å². The van der Waals surface area contributed by atoms with Crippen LogP contribution in [0.4, 0.5) is 0 Å². The Kier molecular flexibility index (Phi) is 3.47. The van der Waals surface area contributed by atoms with Gasteiger partial charge in [0.25, 0.3) is 0 Å². The summed E-state index contributed by atoms with van der Waals surface area (Å²) in [4.78, 5) is 1.28. The van der Waals surface area contributed by atoms with Gasteiger partial charge >= 0.3 is 0 Å². The molecule has 0 aromatic carbocycles. The molecule has 0 amide bonds. The molecule has 0 spiro atoms. The van der Waals surface area contributed by atoms with Gasteiger partial charge in [0.15, 0.2) is 0 Å². The van der Waals surface area contributed by atoms with Gasteiger partial charge in [0, 0.05) is 4.88 Å². The molecule has 0 aliphatic heterocycles. The number of aliphatic hydroxyl groups excluding tert-OH is 1. The molecule has 1 fully saturated rings. The van der Waals surface area contributed by atoms with Crippen LogP contribution in [0, 0.1) is 18.8 Å². The Morgan fingerprint density at radius 1 is 1.33 bits per heavy atom. The fourth-order valence-corrected chi connectivity index (χ4v) is 3.30. The third kappa shape index (κ3) is 2.43. The lowest BCUT2D eigenvalue weighted by molar-refractivity contribution is 0.0755. The minimum Gasteiger partial charge on any atom is -0.388 e. The fourth-order valence-electron chi connectivity index (χ4n) is 2.56. The second-order valence-electron chi connectivity index (χ2n) is 4.90. The average molecular weight is 224 g/mol. The molecule has 1 aliphatic rings. The van der Waals surface area contributed by atoms with E-state index in [0.29, 0.717) is 5.92 Å². The highest BCUT2D eigenvalue weighted by Crippen LogP contribution is 2.38. The van der Waals surface area contributed by atoms with Crippen molar-refractivity contribution in [2.24, 2.45) is 11.8 Å². The van der Waals surface area contributed by atoms with Crippen LogP contribution in [0.2, 0.25) is 0 Å². The van der Waals surface area contributed by atoms with Crippen LogP contribution < -0.4 is 0 Å². The summed E-state index contributed by atoms with van der Waals surface area (Å²) in [5, 5.41) is 12.4. The lowest BCUT2D eigenvalue weighted by atomic mass is 9.78. The van der Waals surface area contributed by atoms with E-state index in [1.807, 2.05) is 0 Å². The molecule has 0 radical (unpaired) electrons. The van der Waals surface area contributed by atoms with Crippen molar-refractivity contribution in [2.45, 2.75) is 45.6 Å². The van der Waals surface area contributed by atoms with Gasteiger partial charge in [-0.05, 0) is 48.6 Å². The zero-order chi connectivity index (χ0) is 10.8. The topological polar surface area (TPSA) is 20.2 Å². The Balaban J connectivity index is 2.02. The van der Waals surface area contributed by atoms with E-state index in [0.717, 1.165) is 5.92 Å². The minimum absolute atomic E-state index is 0.219. The fraction of sp³-hybridized carbons (Fsp3) is 0.692. The van der Waals surface area contributed by atoms with Crippen molar-refractivity contribution in [3.8, 4) is 0 Å². The van der Waals surface area contributed by atoms with Crippen molar-refractivity contribution in [2.75, 3.05) is 0 Å². The third-order valence-corrected chi connectivity index (χ3v) is 4.59. The number of hydrogen-bond donors (Lipinski definition) is 1. The molecule has 15 heavy (non-hydrogen) atoms. The minimum atomic E-state index is -0.219. The molecule has 1 saturated carbocycles. The van der Waals surface area contributed by atoms with Crippen LogP contribution in [0.25, 0.3) is 0 Å². The first-order valence-corrected chi connectivity index (χ1v) is 6.78. The van der Waals surface area contributed by atoms with E-state index in [1.165, 1.54) is 36.1 Å². The third-order valence-electron chi connectivity index (χ3n) is 3.72. The van der Waals surface area contributed by atoms with Gasteiger partial charge in [-0.15, -0.1) is 11.3 Å². The van der Waals surface area contributed by atoms with Crippen LogP contribution >= 0.6 is 11.3 Å². The number of thiophene rings is 1. The monoisotopic (exact) mass is 224 g/mol. The van der Waals surface area contributed by atoms with Gasteiger partial charge in [-0.2, -0.15) is 0 Å². The quantitative estimate of drug-likeness (QED) is 0.807. The van der Waals surface area contributed by atoms with E-state index in [9.17, 15) is 5.11 Å². The van der Waals surface area contributed by atoms with Crippen molar-refractivity contribution in [3.63, 3.8) is 0 Å². The van der Waals surface area contributed by atoms with Crippen LogP contribution in [0.3, 0.4) is 0 Å². The summed E-state index contributed by atoms with van der Waals surface area (Å²) in [5.74, 6) is 1.35. The van der Waals surface area contributed by atoms with E-state index < -0.39 is 0 Å². The molecule has 84 valence electrons. The zero-order valence-corrected chi connectivity index (χ0v) is 10.4. The summed E-state index contributed by atoms with van der Waals surface area (Å²) in [6.07, 6.45) is 4.73. The Bertz CT molecular complexity index is 310. The molecular formula is C13H20OS. The zero-order valence-electron chi connectivity index (χ0n) is 9.57. The van der Waals surface area contributed by atoms with Crippen molar-refractivity contribution >= 4 is 11.3 Å². The molecule has 1 aromatic heterocycles. The molecule has 0 bridgehead atoms. The Hall–Kier alpha value is -0.340. The molecule has 1 atom stereocenters. The Labute approximate surface area is 96.1 Å². The van der Waals surface area contributed by atoms with Crippen LogP contribution in [0.15, 0.2) is 11.4 Å². The number of aliphatic hydroxyl groups is 1. The second-order valence-corrected chi connectivity index (χ2v) is 6.02. The molecule has 0 saturated heterocycles. The predicted octanol–water partition coefficient (Wildman–Crippen LogP) is 3.92. The molecule has 2 rings (SSSR count). The SMILES string of the molecule is Cc1sccc1C(O)C1CCC(C)CC1.